The zero-order chi connectivity index (χ0) is 14.2. The number of aliphatic carboxylic acids is 1. The molecule has 0 saturated carbocycles. The Bertz CT molecular complexity index is 643. The first-order valence-electron chi connectivity index (χ1n) is 6.17. The molecule has 1 atom stereocenters. The molecule has 0 aliphatic carbocycles. The number of pyridine rings is 1. The molecule has 0 aliphatic rings. The van der Waals surface area contributed by atoms with E-state index in [0.717, 1.165) is 0 Å². The zero-order valence-corrected chi connectivity index (χ0v) is 11.1. The van der Waals surface area contributed by atoms with E-state index in [-0.39, 0.29) is 5.92 Å². The van der Waals surface area contributed by atoms with E-state index in [1.54, 1.807) is 16.8 Å². The van der Waals surface area contributed by atoms with Crippen LogP contribution in [-0.2, 0) is 4.79 Å². The van der Waals surface area contributed by atoms with Crippen molar-refractivity contribution in [3.8, 4) is 0 Å². The van der Waals surface area contributed by atoms with Crippen LogP contribution in [0.5, 0.6) is 0 Å². The van der Waals surface area contributed by atoms with Crippen LogP contribution >= 0.6 is 0 Å². The zero-order valence-electron chi connectivity index (χ0n) is 11.1. The smallest absolute Gasteiger partial charge is 0.314 e. The molecule has 0 aromatic carbocycles. The lowest BCUT2D eigenvalue weighted by molar-refractivity contribution is -0.139. The van der Waals surface area contributed by atoms with Crippen molar-refractivity contribution in [2.75, 3.05) is 0 Å². The van der Waals surface area contributed by atoms with Gasteiger partial charge in [-0.2, -0.15) is 5.10 Å². The second-order valence-corrected chi connectivity index (χ2v) is 4.87. The van der Waals surface area contributed by atoms with Gasteiger partial charge in [-0.15, -0.1) is 0 Å². The maximum Gasteiger partial charge on any atom is 0.314 e. The summed E-state index contributed by atoms with van der Waals surface area (Å²) in [5, 5.41) is 13.4. The van der Waals surface area contributed by atoms with Gasteiger partial charge in [-0.25, -0.2) is 4.52 Å². The van der Waals surface area contributed by atoms with Crippen LogP contribution in [-0.4, -0.2) is 26.5 Å². The Balaban J connectivity index is 2.66. The number of hydrogen-bond acceptors (Lipinski definition) is 3. The molecule has 0 saturated heterocycles. The molecule has 0 amide bonds. The van der Waals surface area contributed by atoms with Crippen molar-refractivity contribution < 1.29 is 14.7 Å². The molecular formula is C14H16N2O3. The summed E-state index contributed by atoms with van der Waals surface area (Å²) >= 11 is 0. The van der Waals surface area contributed by atoms with Gasteiger partial charge in [-0.3, -0.25) is 9.59 Å². The fraction of sp³-hybridized carbons (Fsp3) is 0.357. The normalized spacial score (nSPS) is 12.8. The van der Waals surface area contributed by atoms with Gasteiger partial charge in [-0.1, -0.05) is 19.9 Å². The third kappa shape index (κ3) is 2.23. The summed E-state index contributed by atoms with van der Waals surface area (Å²) in [6.45, 7) is 5.27. The second kappa shape index (κ2) is 4.84. The van der Waals surface area contributed by atoms with Crippen molar-refractivity contribution in [2.45, 2.75) is 26.7 Å². The van der Waals surface area contributed by atoms with E-state index in [2.05, 4.69) is 5.10 Å². The highest BCUT2D eigenvalue weighted by Crippen LogP contribution is 2.25. The van der Waals surface area contributed by atoms with Crippen molar-refractivity contribution in [1.29, 1.82) is 0 Å². The maximum absolute atomic E-state index is 12.4. The average Bonchev–Trinajstić information content (AvgIpc) is 2.76. The molecule has 0 spiro atoms. The summed E-state index contributed by atoms with van der Waals surface area (Å²) in [5.41, 5.74) is 1.72. The molecule has 0 aliphatic heterocycles. The largest absolute Gasteiger partial charge is 0.481 e. The van der Waals surface area contributed by atoms with Crippen LogP contribution in [0.25, 0.3) is 5.52 Å². The van der Waals surface area contributed by atoms with E-state index in [1.807, 2.05) is 26.0 Å². The highest BCUT2D eigenvalue weighted by Gasteiger charge is 2.28. The molecule has 19 heavy (non-hydrogen) atoms. The van der Waals surface area contributed by atoms with Crippen LogP contribution in [0.3, 0.4) is 0 Å². The van der Waals surface area contributed by atoms with Gasteiger partial charge in [0.2, 0.25) is 0 Å². The first-order valence-corrected chi connectivity index (χ1v) is 6.17. The van der Waals surface area contributed by atoms with Crippen molar-refractivity contribution in [1.82, 2.24) is 9.61 Å². The molecule has 1 N–H and O–H groups in total. The van der Waals surface area contributed by atoms with Gasteiger partial charge in [0.1, 0.15) is 5.92 Å². The summed E-state index contributed by atoms with van der Waals surface area (Å²) in [6, 6.07) is 5.41. The van der Waals surface area contributed by atoms with E-state index in [9.17, 15) is 9.59 Å². The number of rotatable bonds is 4. The molecule has 2 rings (SSSR count). The molecule has 0 fully saturated rings. The van der Waals surface area contributed by atoms with Gasteiger partial charge in [-0.05, 0) is 25.0 Å². The standard InChI is InChI=1S/C14H16N2O3/c1-8(2)12-11(13(17)9(3)14(18)19)10-6-4-5-7-16(10)15-12/h4-9H,1-3H3,(H,18,19). The molecular weight excluding hydrogens is 244 g/mol. The molecule has 0 radical (unpaired) electrons. The van der Waals surface area contributed by atoms with E-state index < -0.39 is 17.7 Å². The number of carboxylic acids is 1. The Morgan fingerprint density at radius 3 is 2.53 bits per heavy atom. The average molecular weight is 260 g/mol. The van der Waals surface area contributed by atoms with Gasteiger partial charge in [0, 0.05) is 6.20 Å². The number of carbonyl (C=O) groups excluding carboxylic acids is 1. The third-order valence-electron chi connectivity index (χ3n) is 3.12. The summed E-state index contributed by atoms with van der Waals surface area (Å²) in [6.07, 6.45) is 1.75. The molecule has 5 heteroatoms. The summed E-state index contributed by atoms with van der Waals surface area (Å²) < 4.78 is 1.62. The van der Waals surface area contributed by atoms with Crippen LogP contribution in [0.15, 0.2) is 24.4 Å². The Kier molecular flexibility index (Phi) is 3.38. The number of carbonyl (C=O) groups is 2. The van der Waals surface area contributed by atoms with Crippen LogP contribution in [0, 0.1) is 5.92 Å². The van der Waals surface area contributed by atoms with Gasteiger partial charge >= 0.3 is 5.97 Å². The van der Waals surface area contributed by atoms with Crippen LogP contribution in [0.1, 0.15) is 42.7 Å². The topological polar surface area (TPSA) is 71.7 Å². The summed E-state index contributed by atoms with van der Waals surface area (Å²) in [4.78, 5) is 23.4. The van der Waals surface area contributed by atoms with Crippen LogP contribution < -0.4 is 0 Å². The van der Waals surface area contributed by atoms with Gasteiger partial charge in [0.15, 0.2) is 5.78 Å². The van der Waals surface area contributed by atoms with E-state index in [4.69, 9.17) is 5.11 Å². The molecule has 2 heterocycles. The Morgan fingerprint density at radius 1 is 1.26 bits per heavy atom. The van der Waals surface area contributed by atoms with Crippen molar-refractivity contribution >= 4 is 17.3 Å². The molecule has 0 bridgehead atoms. The van der Waals surface area contributed by atoms with Crippen molar-refractivity contribution in [3.63, 3.8) is 0 Å². The van der Waals surface area contributed by atoms with Crippen molar-refractivity contribution in [2.24, 2.45) is 5.92 Å². The SMILES string of the molecule is CC(C(=O)O)C(=O)c1c(C(C)C)nn2ccccc12. The fourth-order valence-corrected chi connectivity index (χ4v) is 2.00. The number of Topliss-reactive ketones (excluding diaryl/α,β-unsaturated/α-hetero) is 1. The van der Waals surface area contributed by atoms with E-state index in [1.165, 1.54) is 6.92 Å². The van der Waals surface area contributed by atoms with E-state index >= 15 is 0 Å². The minimum absolute atomic E-state index is 0.0554. The quantitative estimate of drug-likeness (QED) is 0.676. The molecule has 1 unspecified atom stereocenters. The van der Waals surface area contributed by atoms with Crippen LogP contribution in [0.2, 0.25) is 0 Å². The highest BCUT2D eigenvalue weighted by atomic mass is 16.4. The first-order chi connectivity index (χ1) is 8.93. The maximum atomic E-state index is 12.4. The molecule has 5 nitrogen and oxygen atoms in total. The number of fused-ring (bicyclic) bond motifs is 1. The first kappa shape index (κ1) is 13.3. The predicted molar refractivity (Wildman–Crippen MR) is 70.4 cm³/mol. The number of hydrogen-bond donors (Lipinski definition) is 1. The lowest BCUT2D eigenvalue weighted by Gasteiger charge is -2.08. The van der Waals surface area contributed by atoms with Crippen molar-refractivity contribution in [3.05, 3.63) is 35.7 Å². The minimum Gasteiger partial charge on any atom is -0.481 e. The monoisotopic (exact) mass is 260 g/mol. The van der Waals surface area contributed by atoms with Gasteiger partial charge in [0.25, 0.3) is 0 Å². The predicted octanol–water partition coefficient (Wildman–Crippen LogP) is 2.36. The molecule has 2 aromatic rings. The van der Waals surface area contributed by atoms with Crippen LogP contribution in [0.4, 0.5) is 0 Å². The molecule has 2 aromatic heterocycles. The highest BCUT2D eigenvalue weighted by molar-refractivity contribution is 6.12. The van der Waals surface area contributed by atoms with E-state index in [0.29, 0.717) is 16.8 Å². The fourth-order valence-electron chi connectivity index (χ4n) is 2.00. The Labute approximate surface area is 110 Å². The molecule has 100 valence electrons. The Hall–Kier alpha value is -2.17. The lowest BCUT2D eigenvalue weighted by atomic mass is 9.94. The third-order valence-corrected chi connectivity index (χ3v) is 3.12. The lowest BCUT2D eigenvalue weighted by Crippen LogP contribution is -2.21. The van der Waals surface area contributed by atoms with Gasteiger partial charge in [0.05, 0.1) is 16.8 Å². The number of carboxylic acid groups (broad SMARTS) is 1. The second-order valence-electron chi connectivity index (χ2n) is 4.87. The summed E-state index contributed by atoms with van der Waals surface area (Å²) in [7, 11) is 0. The minimum atomic E-state index is -1.12. The van der Waals surface area contributed by atoms with Gasteiger partial charge < -0.3 is 5.11 Å². The Morgan fingerprint density at radius 2 is 1.95 bits per heavy atom. The number of aromatic nitrogens is 2. The number of nitrogens with zero attached hydrogens (tertiary/aromatic N) is 2. The summed E-state index contributed by atoms with van der Waals surface area (Å²) in [5.74, 6) is -2.52. The number of ketones is 1.